The average molecular weight is 436 g/mol. The zero-order valence-electron chi connectivity index (χ0n) is 16.9. The normalized spacial score (nSPS) is 15.9. The molecule has 0 radical (unpaired) electrons. The number of urea groups is 1. The molecular weight excluding hydrogens is 417 g/mol. The number of amides is 4. The van der Waals surface area contributed by atoms with Crippen molar-refractivity contribution in [2.45, 2.75) is 39.2 Å². The van der Waals surface area contributed by atoms with Crippen molar-refractivity contribution in [3.63, 3.8) is 0 Å². The summed E-state index contributed by atoms with van der Waals surface area (Å²) in [6.07, 6.45) is -3.38. The van der Waals surface area contributed by atoms with Crippen LogP contribution in [0.1, 0.15) is 26.3 Å². The smallest absolute Gasteiger partial charge is 0.406 e. The highest BCUT2D eigenvalue weighted by molar-refractivity contribution is 6.22. The number of benzene rings is 1. The summed E-state index contributed by atoms with van der Waals surface area (Å²) in [6, 6.07) is 7.07. The van der Waals surface area contributed by atoms with Crippen molar-refractivity contribution >= 4 is 29.4 Å². The lowest BCUT2D eigenvalue weighted by atomic mass is 10.0. The van der Waals surface area contributed by atoms with Gasteiger partial charge in [-0.3, -0.25) is 9.59 Å². The number of carbonyl (C=O) groups excluding carboxylic acids is 3. The number of rotatable bonds is 5. The van der Waals surface area contributed by atoms with Gasteiger partial charge >= 0.3 is 12.4 Å². The standard InChI is InChI=1S/C20H19F3N4O4/c1-12(28)25-16-10-13(8-9-24-16)11-26-18(30)27(17(29)19(26,2)3)14-4-6-15(7-5-14)31-20(21,22)23/h4-10H,11H2,1-3H3,(H,24,25,28). The molecule has 1 saturated heterocycles. The van der Waals surface area contributed by atoms with Crippen LogP contribution in [0.3, 0.4) is 0 Å². The first kappa shape index (κ1) is 22.1. The summed E-state index contributed by atoms with van der Waals surface area (Å²) in [5.74, 6) is -0.994. The first-order valence-corrected chi connectivity index (χ1v) is 9.13. The molecule has 1 N–H and O–H groups in total. The minimum Gasteiger partial charge on any atom is -0.406 e. The fourth-order valence-electron chi connectivity index (χ4n) is 3.13. The van der Waals surface area contributed by atoms with Crippen LogP contribution in [0.25, 0.3) is 0 Å². The van der Waals surface area contributed by atoms with E-state index >= 15 is 0 Å². The summed E-state index contributed by atoms with van der Waals surface area (Å²) in [4.78, 5) is 43.5. The zero-order chi connectivity index (χ0) is 23.0. The van der Waals surface area contributed by atoms with Gasteiger partial charge in [-0.15, -0.1) is 13.2 Å². The number of nitrogens with one attached hydrogen (secondary N) is 1. The van der Waals surface area contributed by atoms with E-state index < -0.39 is 29.6 Å². The van der Waals surface area contributed by atoms with E-state index in [1.54, 1.807) is 26.0 Å². The second-order valence-corrected chi connectivity index (χ2v) is 7.34. The summed E-state index contributed by atoms with van der Waals surface area (Å²) < 4.78 is 40.9. The molecule has 0 spiro atoms. The SMILES string of the molecule is CC(=O)Nc1cc(CN2C(=O)N(c3ccc(OC(F)(F)F)cc3)C(=O)C2(C)C)ccn1. The highest BCUT2D eigenvalue weighted by Crippen LogP contribution is 2.34. The van der Waals surface area contributed by atoms with Crippen molar-refractivity contribution in [1.29, 1.82) is 0 Å². The first-order chi connectivity index (χ1) is 14.4. The number of halogens is 3. The number of carbonyl (C=O) groups is 3. The maximum Gasteiger partial charge on any atom is 0.573 e. The lowest BCUT2D eigenvalue weighted by Gasteiger charge is -2.27. The quantitative estimate of drug-likeness (QED) is 0.722. The Kier molecular flexibility index (Phi) is 5.62. The maximum atomic E-state index is 13.0. The van der Waals surface area contributed by atoms with E-state index in [4.69, 9.17) is 0 Å². The van der Waals surface area contributed by atoms with Crippen LogP contribution in [0.15, 0.2) is 42.6 Å². The monoisotopic (exact) mass is 436 g/mol. The molecule has 1 fully saturated rings. The summed E-state index contributed by atoms with van der Waals surface area (Å²) >= 11 is 0. The van der Waals surface area contributed by atoms with Crippen LogP contribution in [0.4, 0.5) is 29.5 Å². The molecule has 1 aliphatic rings. The molecule has 31 heavy (non-hydrogen) atoms. The van der Waals surface area contributed by atoms with Crippen molar-refractivity contribution in [2.75, 3.05) is 10.2 Å². The molecule has 3 rings (SSSR count). The molecule has 8 nitrogen and oxygen atoms in total. The Balaban J connectivity index is 1.84. The van der Waals surface area contributed by atoms with Crippen molar-refractivity contribution in [3.8, 4) is 5.75 Å². The Morgan fingerprint density at radius 3 is 2.39 bits per heavy atom. The van der Waals surface area contributed by atoms with E-state index in [2.05, 4.69) is 15.0 Å². The number of pyridine rings is 1. The molecule has 1 aromatic heterocycles. The Morgan fingerprint density at radius 1 is 1.16 bits per heavy atom. The van der Waals surface area contributed by atoms with Crippen molar-refractivity contribution in [3.05, 3.63) is 48.2 Å². The molecule has 0 aliphatic carbocycles. The van der Waals surface area contributed by atoms with Gasteiger partial charge in [-0.2, -0.15) is 0 Å². The average Bonchev–Trinajstić information content (AvgIpc) is 2.81. The van der Waals surface area contributed by atoms with Gasteiger partial charge in [0.2, 0.25) is 5.91 Å². The van der Waals surface area contributed by atoms with Crippen LogP contribution >= 0.6 is 0 Å². The number of anilines is 2. The lowest BCUT2D eigenvalue weighted by Crippen LogP contribution is -2.43. The van der Waals surface area contributed by atoms with E-state index in [-0.39, 0.29) is 18.1 Å². The maximum absolute atomic E-state index is 13.0. The van der Waals surface area contributed by atoms with Crippen LogP contribution in [-0.2, 0) is 16.1 Å². The Labute approximate surface area is 175 Å². The van der Waals surface area contributed by atoms with Crippen LogP contribution in [0.5, 0.6) is 5.75 Å². The Morgan fingerprint density at radius 2 is 1.81 bits per heavy atom. The van der Waals surface area contributed by atoms with E-state index in [9.17, 15) is 27.6 Å². The third kappa shape index (κ3) is 4.76. The van der Waals surface area contributed by atoms with Crippen molar-refractivity contribution < 1.29 is 32.3 Å². The number of nitrogens with zero attached hydrogens (tertiary/aromatic N) is 3. The molecule has 0 bridgehead atoms. The summed E-state index contributed by atoms with van der Waals surface area (Å²) in [5, 5.41) is 2.54. The van der Waals surface area contributed by atoms with Crippen LogP contribution in [0.2, 0.25) is 0 Å². The van der Waals surface area contributed by atoms with E-state index in [1.807, 2.05) is 0 Å². The number of hydrogen-bond acceptors (Lipinski definition) is 5. The summed E-state index contributed by atoms with van der Waals surface area (Å²) in [7, 11) is 0. The van der Waals surface area contributed by atoms with Gasteiger partial charge < -0.3 is 15.0 Å². The van der Waals surface area contributed by atoms with Gasteiger partial charge in [0, 0.05) is 19.7 Å². The van der Waals surface area contributed by atoms with Crippen LogP contribution < -0.4 is 15.0 Å². The summed E-state index contributed by atoms with van der Waals surface area (Å²) in [5.41, 5.74) is -0.465. The molecule has 1 aromatic carbocycles. The molecule has 4 amide bonds. The fraction of sp³-hybridized carbons (Fsp3) is 0.300. The minimum absolute atomic E-state index is 0.0540. The topological polar surface area (TPSA) is 91.8 Å². The number of hydrogen-bond donors (Lipinski definition) is 1. The molecule has 0 atom stereocenters. The predicted octanol–water partition coefficient (Wildman–Crippen LogP) is 3.69. The van der Waals surface area contributed by atoms with Gasteiger partial charge in [0.25, 0.3) is 5.91 Å². The second kappa shape index (κ2) is 7.89. The zero-order valence-corrected chi connectivity index (χ0v) is 16.9. The molecule has 164 valence electrons. The first-order valence-electron chi connectivity index (χ1n) is 9.13. The third-order valence-electron chi connectivity index (χ3n) is 4.62. The van der Waals surface area contributed by atoms with E-state index in [0.29, 0.717) is 11.4 Å². The molecule has 2 aromatic rings. The Hall–Kier alpha value is -3.63. The molecule has 2 heterocycles. The largest absolute Gasteiger partial charge is 0.573 e. The lowest BCUT2D eigenvalue weighted by molar-refractivity contribution is -0.274. The van der Waals surface area contributed by atoms with Crippen LogP contribution in [-0.4, -0.2) is 39.6 Å². The molecule has 0 unspecified atom stereocenters. The van der Waals surface area contributed by atoms with E-state index in [0.717, 1.165) is 17.0 Å². The van der Waals surface area contributed by atoms with Gasteiger partial charge in [-0.1, -0.05) is 0 Å². The molecular formula is C20H19F3N4O4. The predicted molar refractivity (Wildman–Crippen MR) is 104 cm³/mol. The minimum atomic E-state index is -4.85. The van der Waals surface area contributed by atoms with Gasteiger partial charge in [-0.05, 0) is 55.8 Å². The number of imide groups is 1. The van der Waals surface area contributed by atoms with Gasteiger partial charge in [0.15, 0.2) is 0 Å². The number of aromatic nitrogens is 1. The summed E-state index contributed by atoms with van der Waals surface area (Å²) in [6.45, 7) is 4.54. The highest BCUT2D eigenvalue weighted by atomic mass is 19.4. The fourth-order valence-corrected chi connectivity index (χ4v) is 3.13. The van der Waals surface area contributed by atoms with Crippen molar-refractivity contribution in [1.82, 2.24) is 9.88 Å². The van der Waals surface area contributed by atoms with Gasteiger partial charge in [-0.25, -0.2) is 14.7 Å². The van der Waals surface area contributed by atoms with E-state index in [1.165, 1.54) is 30.2 Å². The molecule has 1 aliphatic heterocycles. The van der Waals surface area contributed by atoms with Crippen molar-refractivity contribution in [2.24, 2.45) is 0 Å². The third-order valence-corrected chi connectivity index (χ3v) is 4.62. The van der Waals surface area contributed by atoms with Crippen LogP contribution in [0, 0.1) is 0 Å². The highest BCUT2D eigenvalue weighted by Gasteiger charge is 2.51. The van der Waals surface area contributed by atoms with Gasteiger partial charge in [0.05, 0.1) is 5.69 Å². The second-order valence-electron chi connectivity index (χ2n) is 7.34. The molecule has 0 saturated carbocycles. The number of ether oxygens (including phenoxy) is 1. The number of alkyl halides is 3. The Bertz CT molecular complexity index is 1020. The van der Waals surface area contributed by atoms with Gasteiger partial charge in [0.1, 0.15) is 17.1 Å². The molecule has 11 heteroatoms.